The maximum atomic E-state index is 5.57. The van der Waals surface area contributed by atoms with E-state index >= 15 is 0 Å². The summed E-state index contributed by atoms with van der Waals surface area (Å²) in [4.78, 5) is 0. The summed E-state index contributed by atoms with van der Waals surface area (Å²) in [5, 5.41) is 0. The van der Waals surface area contributed by atoms with E-state index in [0.717, 1.165) is 12.0 Å². The summed E-state index contributed by atoms with van der Waals surface area (Å²) >= 11 is 5.57. The van der Waals surface area contributed by atoms with Gasteiger partial charge in [0.1, 0.15) is 0 Å². The van der Waals surface area contributed by atoms with Gasteiger partial charge in [0.15, 0.2) is 0 Å². The summed E-state index contributed by atoms with van der Waals surface area (Å²) in [6.45, 7) is 2.24. The first kappa shape index (κ1) is 14.1. The van der Waals surface area contributed by atoms with Crippen LogP contribution in [0, 0.1) is 11.8 Å². The minimum absolute atomic E-state index is 0.614. The molecule has 1 aromatic carbocycles. The number of rotatable bonds is 6. The smallest absolute Gasteiger partial charge is 0.0333 e. The first-order valence-corrected chi connectivity index (χ1v) is 7.04. The van der Waals surface area contributed by atoms with Gasteiger partial charge in [0.25, 0.3) is 0 Å². The fourth-order valence-electron chi connectivity index (χ4n) is 1.72. The van der Waals surface area contributed by atoms with Crippen LogP contribution in [-0.2, 0) is 6.42 Å². The highest BCUT2D eigenvalue weighted by Gasteiger charge is 1.93. The van der Waals surface area contributed by atoms with E-state index in [-0.39, 0.29) is 0 Å². The quantitative estimate of drug-likeness (QED) is 0.386. The predicted octanol–water partition coefficient (Wildman–Crippen LogP) is 4.79. The maximum Gasteiger partial charge on any atom is 0.0333 e. The van der Waals surface area contributed by atoms with Crippen LogP contribution in [0.5, 0.6) is 0 Å². The molecule has 1 rings (SSSR count). The van der Waals surface area contributed by atoms with Gasteiger partial charge in [-0.2, -0.15) is 0 Å². The molecule has 0 amide bonds. The van der Waals surface area contributed by atoms with Crippen LogP contribution in [0.25, 0.3) is 0 Å². The van der Waals surface area contributed by atoms with Crippen molar-refractivity contribution in [3.8, 4) is 11.8 Å². The average Bonchev–Trinajstić information content (AvgIpc) is 2.37. The molecular weight excluding hydrogens is 228 g/mol. The molecule has 0 bridgehead atoms. The summed E-state index contributed by atoms with van der Waals surface area (Å²) in [5.74, 6) is 6.78. The van der Waals surface area contributed by atoms with E-state index < -0.39 is 0 Å². The van der Waals surface area contributed by atoms with Crippen molar-refractivity contribution in [2.24, 2.45) is 0 Å². The second-order valence-corrected chi connectivity index (χ2v) is 4.63. The lowest BCUT2D eigenvalue weighted by molar-refractivity contribution is 0.667. The molecule has 0 saturated heterocycles. The molecule has 0 spiro atoms. The molecule has 17 heavy (non-hydrogen) atoms. The maximum absolute atomic E-state index is 5.57. The van der Waals surface area contributed by atoms with E-state index in [2.05, 4.69) is 43.0 Å². The lowest BCUT2D eigenvalue weighted by atomic mass is 10.0. The monoisotopic (exact) mass is 248 g/mol. The highest BCUT2D eigenvalue weighted by atomic mass is 35.5. The Balaban J connectivity index is 2.37. The predicted molar refractivity (Wildman–Crippen MR) is 76.5 cm³/mol. The molecule has 0 fully saturated rings. The first-order chi connectivity index (χ1) is 8.36. The van der Waals surface area contributed by atoms with Crippen LogP contribution in [0.2, 0.25) is 0 Å². The van der Waals surface area contributed by atoms with Gasteiger partial charge in [0.2, 0.25) is 0 Å². The number of alkyl halides is 1. The van der Waals surface area contributed by atoms with Crippen molar-refractivity contribution < 1.29 is 0 Å². The van der Waals surface area contributed by atoms with E-state index in [4.69, 9.17) is 11.6 Å². The van der Waals surface area contributed by atoms with Crippen molar-refractivity contribution in [2.45, 2.75) is 45.4 Å². The molecule has 0 aliphatic rings. The van der Waals surface area contributed by atoms with E-state index in [1.807, 2.05) is 0 Å². The van der Waals surface area contributed by atoms with Crippen LogP contribution in [0.4, 0.5) is 0 Å². The van der Waals surface area contributed by atoms with Crippen LogP contribution in [-0.4, -0.2) is 5.88 Å². The number of unbranched alkanes of at least 4 members (excludes halogenated alkanes) is 3. The van der Waals surface area contributed by atoms with Crippen molar-refractivity contribution in [3.05, 3.63) is 35.4 Å². The minimum atomic E-state index is 0.614. The Morgan fingerprint density at radius 2 is 1.82 bits per heavy atom. The molecule has 1 aromatic rings. The molecule has 0 aromatic heterocycles. The van der Waals surface area contributed by atoms with E-state index in [1.54, 1.807) is 0 Å². The third-order valence-corrected chi connectivity index (χ3v) is 2.91. The minimum Gasteiger partial charge on any atom is -0.126 e. The zero-order chi connectivity index (χ0) is 12.3. The number of hydrogen-bond donors (Lipinski definition) is 0. The molecule has 0 N–H and O–H groups in total. The topological polar surface area (TPSA) is 0 Å². The number of aryl methyl sites for hydroxylation is 1. The van der Waals surface area contributed by atoms with Crippen LogP contribution >= 0.6 is 11.6 Å². The van der Waals surface area contributed by atoms with E-state index in [1.165, 1.54) is 37.7 Å². The van der Waals surface area contributed by atoms with Crippen LogP contribution in [0.15, 0.2) is 24.3 Å². The van der Waals surface area contributed by atoms with Gasteiger partial charge >= 0.3 is 0 Å². The van der Waals surface area contributed by atoms with Crippen LogP contribution in [0.3, 0.4) is 0 Å². The fourth-order valence-corrected chi connectivity index (χ4v) is 1.82. The summed E-state index contributed by atoms with van der Waals surface area (Å²) in [6.07, 6.45) is 7.24. The van der Waals surface area contributed by atoms with E-state index in [0.29, 0.717) is 5.88 Å². The number of halogens is 1. The Morgan fingerprint density at radius 1 is 1.06 bits per heavy atom. The standard InChI is InChI=1S/C16H21Cl/c1-2-3-4-5-8-15-10-12-16(13-11-15)9-6-7-14-17/h10-13H,2-5,7-8,14H2,1H3. The van der Waals surface area contributed by atoms with Crippen LogP contribution in [0.1, 0.15) is 50.2 Å². The van der Waals surface area contributed by atoms with Crippen molar-refractivity contribution >= 4 is 11.6 Å². The first-order valence-electron chi connectivity index (χ1n) is 6.50. The van der Waals surface area contributed by atoms with Gasteiger partial charge in [-0.15, -0.1) is 11.6 Å². The van der Waals surface area contributed by atoms with Crippen molar-refractivity contribution in [1.82, 2.24) is 0 Å². The molecule has 0 saturated carbocycles. The van der Waals surface area contributed by atoms with Gasteiger partial charge in [-0.25, -0.2) is 0 Å². The zero-order valence-electron chi connectivity index (χ0n) is 10.6. The summed E-state index contributed by atoms with van der Waals surface area (Å²) in [7, 11) is 0. The average molecular weight is 249 g/mol. The van der Waals surface area contributed by atoms with Gasteiger partial charge in [0.05, 0.1) is 0 Å². The molecule has 0 aliphatic heterocycles. The second kappa shape index (κ2) is 9.14. The molecule has 0 atom stereocenters. The van der Waals surface area contributed by atoms with Gasteiger partial charge in [-0.05, 0) is 30.5 Å². The molecule has 0 unspecified atom stereocenters. The van der Waals surface area contributed by atoms with Gasteiger partial charge in [-0.3, -0.25) is 0 Å². The zero-order valence-corrected chi connectivity index (χ0v) is 11.4. The highest BCUT2D eigenvalue weighted by Crippen LogP contribution is 2.09. The van der Waals surface area contributed by atoms with E-state index in [9.17, 15) is 0 Å². The van der Waals surface area contributed by atoms with Crippen molar-refractivity contribution in [1.29, 1.82) is 0 Å². The SMILES string of the molecule is CCCCCCc1ccc(C#CCCCl)cc1. The molecule has 0 aliphatic carbocycles. The van der Waals surface area contributed by atoms with Gasteiger partial charge in [-0.1, -0.05) is 50.2 Å². The Morgan fingerprint density at radius 3 is 2.47 bits per heavy atom. The summed E-state index contributed by atoms with van der Waals surface area (Å²) in [5.41, 5.74) is 2.51. The second-order valence-electron chi connectivity index (χ2n) is 4.25. The molecular formula is C16H21Cl. The Bertz CT molecular complexity index is 353. The summed E-state index contributed by atoms with van der Waals surface area (Å²) < 4.78 is 0. The number of benzene rings is 1. The fraction of sp³-hybridized carbons (Fsp3) is 0.500. The Kier molecular flexibility index (Phi) is 7.60. The Labute approximate surface area is 110 Å². The molecule has 92 valence electrons. The molecule has 0 nitrogen and oxygen atoms in total. The van der Waals surface area contributed by atoms with Crippen LogP contribution < -0.4 is 0 Å². The molecule has 1 heteroatoms. The van der Waals surface area contributed by atoms with Crippen molar-refractivity contribution in [2.75, 3.05) is 5.88 Å². The Hall–Kier alpha value is -0.930. The lowest BCUT2D eigenvalue weighted by Gasteiger charge is -2.01. The summed E-state index contributed by atoms with van der Waals surface area (Å²) in [6, 6.07) is 8.60. The molecule has 0 radical (unpaired) electrons. The number of hydrogen-bond acceptors (Lipinski definition) is 0. The largest absolute Gasteiger partial charge is 0.126 e. The highest BCUT2D eigenvalue weighted by molar-refractivity contribution is 6.18. The van der Waals surface area contributed by atoms with Gasteiger partial charge in [0, 0.05) is 17.9 Å². The molecule has 0 heterocycles. The normalized spacial score (nSPS) is 9.76. The lowest BCUT2D eigenvalue weighted by Crippen LogP contribution is -1.86. The van der Waals surface area contributed by atoms with Gasteiger partial charge < -0.3 is 0 Å². The third-order valence-electron chi connectivity index (χ3n) is 2.73. The third kappa shape index (κ3) is 6.39. The van der Waals surface area contributed by atoms with Crippen molar-refractivity contribution in [3.63, 3.8) is 0 Å².